The van der Waals surface area contributed by atoms with Crippen LogP contribution in [0.2, 0.25) is 0 Å². The van der Waals surface area contributed by atoms with Crippen LogP contribution in [0.3, 0.4) is 0 Å². The molecule has 1 N–H and O–H groups in total. The monoisotopic (exact) mass is 319 g/mol. The summed E-state index contributed by atoms with van der Waals surface area (Å²) < 4.78 is 2.19. The van der Waals surface area contributed by atoms with Crippen LogP contribution in [0.4, 0.5) is 0 Å². The lowest BCUT2D eigenvalue weighted by Gasteiger charge is -2.16. The number of carbonyl (C=O) groups is 1. The van der Waals surface area contributed by atoms with Crippen LogP contribution in [0.5, 0.6) is 0 Å². The van der Waals surface area contributed by atoms with E-state index in [9.17, 15) is 4.79 Å². The molecule has 0 saturated carbocycles. The molecular weight excluding hydrogens is 298 g/mol. The van der Waals surface area contributed by atoms with Gasteiger partial charge in [-0.2, -0.15) is 0 Å². The molecular formula is C21H21NO2. The lowest BCUT2D eigenvalue weighted by Crippen LogP contribution is -2.06. The van der Waals surface area contributed by atoms with Crippen molar-refractivity contribution in [1.29, 1.82) is 0 Å². The van der Waals surface area contributed by atoms with E-state index in [1.165, 1.54) is 11.1 Å². The number of nitrogens with zero attached hydrogens (tertiary/aromatic N) is 1. The molecule has 0 unspecified atom stereocenters. The molecule has 2 aromatic carbocycles. The fraction of sp³-hybridized carbons (Fsp3) is 0.190. The maximum Gasteiger partial charge on any atom is 0.303 e. The minimum atomic E-state index is -0.773. The summed E-state index contributed by atoms with van der Waals surface area (Å²) in [6.07, 6.45) is 0.638. The Morgan fingerprint density at radius 3 is 2.42 bits per heavy atom. The first-order valence-corrected chi connectivity index (χ1v) is 8.12. The maximum atomic E-state index is 11.0. The van der Waals surface area contributed by atoms with E-state index in [1.54, 1.807) is 0 Å². The lowest BCUT2D eigenvalue weighted by atomic mass is 10.1. The molecule has 0 saturated heterocycles. The maximum absolute atomic E-state index is 11.0. The predicted octanol–water partition coefficient (Wildman–Crippen LogP) is 4.78. The van der Waals surface area contributed by atoms with Gasteiger partial charge in [0, 0.05) is 11.4 Å². The molecule has 0 aliphatic carbocycles. The summed E-state index contributed by atoms with van der Waals surface area (Å²) in [5.41, 5.74) is 6.73. The van der Waals surface area contributed by atoms with E-state index in [-0.39, 0.29) is 6.42 Å². The average molecular weight is 319 g/mol. The van der Waals surface area contributed by atoms with Gasteiger partial charge in [0.25, 0.3) is 0 Å². The fourth-order valence-corrected chi connectivity index (χ4v) is 3.08. The number of hydrogen-bond acceptors (Lipinski definition) is 1. The summed E-state index contributed by atoms with van der Waals surface area (Å²) in [6.45, 7) is 4.17. The second-order valence-corrected chi connectivity index (χ2v) is 6.10. The number of aryl methyl sites for hydroxylation is 3. The zero-order valence-electron chi connectivity index (χ0n) is 14.0. The minimum Gasteiger partial charge on any atom is -0.481 e. The second kappa shape index (κ2) is 6.75. The first kappa shape index (κ1) is 16.1. The van der Waals surface area contributed by atoms with Crippen molar-refractivity contribution in [3.05, 3.63) is 77.5 Å². The third-order valence-corrected chi connectivity index (χ3v) is 4.22. The number of carboxylic acid groups (broad SMARTS) is 1. The van der Waals surface area contributed by atoms with Crippen molar-refractivity contribution in [2.24, 2.45) is 0 Å². The van der Waals surface area contributed by atoms with Crippen molar-refractivity contribution >= 4 is 5.97 Å². The molecule has 1 aromatic heterocycles. The van der Waals surface area contributed by atoms with Gasteiger partial charge in [-0.1, -0.05) is 48.0 Å². The van der Waals surface area contributed by atoms with Crippen LogP contribution in [0.15, 0.2) is 60.7 Å². The Labute approximate surface area is 142 Å². The number of aliphatic carboxylic acids is 1. The van der Waals surface area contributed by atoms with Crippen LogP contribution in [0.1, 0.15) is 23.2 Å². The fourth-order valence-electron chi connectivity index (χ4n) is 3.08. The van der Waals surface area contributed by atoms with Gasteiger partial charge in [-0.15, -0.1) is 0 Å². The first-order valence-electron chi connectivity index (χ1n) is 8.12. The lowest BCUT2D eigenvalue weighted by molar-refractivity contribution is -0.136. The second-order valence-electron chi connectivity index (χ2n) is 6.10. The normalized spacial score (nSPS) is 10.8. The van der Waals surface area contributed by atoms with Crippen molar-refractivity contribution < 1.29 is 9.90 Å². The van der Waals surface area contributed by atoms with Crippen molar-refractivity contribution in [3.63, 3.8) is 0 Å². The summed E-state index contributed by atoms with van der Waals surface area (Å²) in [6, 6.07) is 20.7. The molecule has 24 heavy (non-hydrogen) atoms. The standard InChI is InChI=1S/C21H21NO2/c1-15-8-11-19(16(2)14-15)22-18(10-13-21(23)24)9-12-20(22)17-6-4-3-5-7-17/h3-9,11-12,14H,10,13H2,1-2H3,(H,23,24). The summed E-state index contributed by atoms with van der Waals surface area (Å²) >= 11 is 0. The number of aromatic nitrogens is 1. The summed E-state index contributed by atoms with van der Waals surface area (Å²) in [7, 11) is 0. The van der Waals surface area contributed by atoms with Gasteiger partial charge in [0.15, 0.2) is 0 Å². The van der Waals surface area contributed by atoms with Crippen LogP contribution in [-0.2, 0) is 11.2 Å². The molecule has 0 bridgehead atoms. The Morgan fingerprint density at radius 1 is 1.00 bits per heavy atom. The summed E-state index contributed by atoms with van der Waals surface area (Å²) in [5, 5.41) is 9.04. The van der Waals surface area contributed by atoms with Gasteiger partial charge in [-0.3, -0.25) is 4.79 Å². The highest BCUT2D eigenvalue weighted by Crippen LogP contribution is 2.29. The smallest absolute Gasteiger partial charge is 0.303 e. The molecule has 0 aliphatic heterocycles. The van der Waals surface area contributed by atoms with Crippen molar-refractivity contribution in [1.82, 2.24) is 4.57 Å². The van der Waals surface area contributed by atoms with Crippen LogP contribution in [0.25, 0.3) is 16.9 Å². The third-order valence-electron chi connectivity index (χ3n) is 4.22. The number of carboxylic acids is 1. The molecule has 3 heteroatoms. The zero-order valence-corrected chi connectivity index (χ0v) is 14.0. The van der Waals surface area contributed by atoms with Crippen LogP contribution >= 0.6 is 0 Å². The highest BCUT2D eigenvalue weighted by molar-refractivity contribution is 5.68. The van der Waals surface area contributed by atoms with E-state index in [0.29, 0.717) is 6.42 Å². The number of hydrogen-bond donors (Lipinski definition) is 1. The van der Waals surface area contributed by atoms with Gasteiger partial charge in [0.1, 0.15) is 0 Å². The Balaban J connectivity index is 2.15. The van der Waals surface area contributed by atoms with E-state index >= 15 is 0 Å². The Morgan fingerprint density at radius 2 is 1.75 bits per heavy atom. The Hall–Kier alpha value is -2.81. The Bertz CT molecular complexity index is 863. The molecule has 3 rings (SSSR count). The number of benzene rings is 2. The molecule has 122 valence electrons. The van der Waals surface area contributed by atoms with Gasteiger partial charge in [0.05, 0.1) is 12.1 Å². The molecule has 1 heterocycles. The average Bonchev–Trinajstić information content (AvgIpc) is 2.97. The highest BCUT2D eigenvalue weighted by atomic mass is 16.4. The molecule has 0 fully saturated rings. The van der Waals surface area contributed by atoms with Crippen molar-refractivity contribution in [3.8, 4) is 16.9 Å². The van der Waals surface area contributed by atoms with Gasteiger partial charge < -0.3 is 9.67 Å². The molecule has 3 nitrogen and oxygen atoms in total. The molecule has 0 spiro atoms. The molecule has 0 aliphatic rings. The van der Waals surface area contributed by atoms with Crippen LogP contribution in [0, 0.1) is 13.8 Å². The van der Waals surface area contributed by atoms with E-state index in [1.807, 2.05) is 24.3 Å². The number of rotatable bonds is 5. The van der Waals surface area contributed by atoms with Gasteiger partial charge in [-0.25, -0.2) is 0 Å². The quantitative estimate of drug-likeness (QED) is 0.735. The first-order chi connectivity index (χ1) is 11.6. The van der Waals surface area contributed by atoms with Gasteiger partial charge in [-0.05, 0) is 49.6 Å². The van der Waals surface area contributed by atoms with Gasteiger partial charge in [0.2, 0.25) is 0 Å². The SMILES string of the molecule is Cc1ccc(-n2c(CCC(=O)O)ccc2-c2ccccc2)c(C)c1. The molecule has 0 atom stereocenters. The van der Waals surface area contributed by atoms with Crippen molar-refractivity contribution in [2.75, 3.05) is 0 Å². The van der Waals surface area contributed by atoms with E-state index < -0.39 is 5.97 Å². The van der Waals surface area contributed by atoms with E-state index in [4.69, 9.17) is 5.11 Å². The third kappa shape index (κ3) is 3.25. The zero-order chi connectivity index (χ0) is 17.1. The van der Waals surface area contributed by atoms with E-state index in [0.717, 1.165) is 22.6 Å². The largest absolute Gasteiger partial charge is 0.481 e. The molecule has 0 radical (unpaired) electrons. The summed E-state index contributed by atoms with van der Waals surface area (Å²) in [5.74, 6) is -0.773. The topological polar surface area (TPSA) is 42.2 Å². The predicted molar refractivity (Wildman–Crippen MR) is 96.6 cm³/mol. The van der Waals surface area contributed by atoms with Crippen molar-refractivity contribution in [2.45, 2.75) is 26.7 Å². The summed E-state index contributed by atoms with van der Waals surface area (Å²) in [4.78, 5) is 11.0. The molecule has 3 aromatic rings. The van der Waals surface area contributed by atoms with Crippen LogP contribution in [-0.4, -0.2) is 15.6 Å². The van der Waals surface area contributed by atoms with E-state index in [2.05, 4.69) is 54.8 Å². The highest BCUT2D eigenvalue weighted by Gasteiger charge is 2.14. The van der Waals surface area contributed by atoms with Crippen LogP contribution < -0.4 is 0 Å². The molecule has 0 amide bonds. The van der Waals surface area contributed by atoms with Gasteiger partial charge >= 0.3 is 5.97 Å². The Kier molecular flexibility index (Phi) is 4.52. The minimum absolute atomic E-state index is 0.128.